The van der Waals surface area contributed by atoms with E-state index < -0.39 is 0 Å². The Morgan fingerprint density at radius 2 is 1.73 bits per heavy atom. The van der Waals surface area contributed by atoms with Crippen molar-refractivity contribution in [1.82, 2.24) is 0 Å². The normalized spacial score (nSPS) is 11.1. The average molecular weight is 175 g/mol. The first-order valence-corrected chi connectivity index (χ1v) is 5.16. The summed E-state index contributed by atoms with van der Waals surface area (Å²) in [6, 6.07) is 0. The molecule has 0 unspecified atom stereocenters. The molecule has 66 valence electrons. The third kappa shape index (κ3) is 10.0. The maximum atomic E-state index is 5.48. The summed E-state index contributed by atoms with van der Waals surface area (Å²) in [5.74, 6) is 0.662. The highest BCUT2D eigenvalue weighted by molar-refractivity contribution is 6.18. The summed E-state index contributed by atoms with van der Waals surface area (Å²) < 4.78 is 0. The van der Waals surface area contributed by atoms with Crippen LogP contribution >= 0.6 is 11.6 Å². The molecule has 0 rings (SSSR count). The summed E-state index contributed by atoms with van der Waals surface area (Å²) in [6.45, 7) is 2.24. The molecule has 0 radical (unpaired) electrons. The first-order valence-electron chi connectivity index (χ1n) is 4.62. The van der Waals surface area contributed by atoms with Gasteiger partial charge in [0.05, 0.1) is 0 Å². The van der Waals surface area contributed by atoms with E-state index in [4.69, 9.17) is 11.6 Å². The Labute approximate surface area is 75.6 Å². The minimum atomic E-state index is 0.662. The first kappa shape index (κ1) is 11.0. The molecular weight excluding hydrogens is 156 g/mol. The molecule has 0 spiro atoms. The van der Waals surface area contributed by atoms with Crippen LogP contribution in [0, 0.1) is 0 Å². The predicted molar refractivity (Wildman–Crippen MR) is 53.2 cm³/mol. The average Bonchev–Trinajstić information content (AvgIpc) is 2.03. The smallest absolute Gasteiger partial charge is 0.0404 e. The van der Waals surface area contributed by atoms with Crippen molar-refractivity contribution in [3.05, 3.63) is 12.2 Å². The molecule has 1 heteroatoms. The monoisotopic (exact) mass is 174 g/mol. The van der Waals surface area contributed by atoms with E-state index in [0.717, 1.165) is 0 Å². The second-order valence-corrected chi connectivity index (χ2v) is 3.14. The Morgan fingerprint density at radius 1 is 1.00 bits per heavy atom. The number of alkyl halides is 1. The predicted octanol–water partition coefficient (Wildman–Crippen LogP) is 4.14. The zero-order valence-corrected chi connectivity index (χ0v) is 8.24. The molecule has 0 aliphatic heterocycles. The van der Waals surface area contributed by atoms with Crippen LogP contribution < -0.4 is 0 Å². The molecule has 0 aromatic rings. The van der Waals surface area contributed by atoms with Crippen LogP contribution in [0.25, 0.3) is 0 Å². The van der Waals surface area contributed by atoms with Gasteiger partial charge in [0.2, 0.25) is 0 Å². The van der Waals surface area contributed by atoms with E-state index in [1.54, 1.807) is 0 Å². The topological polar surface area (TPSA) is 0 Å². The maximum Gasteiger partial charge on any atom is 0.0404 e. The van der Waals surface area contributed by atoms with Gasteiger partial charge in [-0.2, -0.15) is 0 Å². The molecule has 0 nitrogen and oxygen atoms in total. The second kappa shape index (κ2) is 10.0. The minimum absolute atomic E-state index is 0.662. The molecular formula is C10H19Cl. The zero-order valence-electron chi connectivity index (χ0n) is 7.48. The van der Waals surface area contributed by atoms with Gasteiger partial charge in [-0.3, -0.25) is 0 Å². The lowest BCUT2D eigenvalue weighted by molar-refractivity contribution is 0.637. The molecule has 0 aromatic carbocycles. The van der Waals surface area contributed by atoms with Crippen LogP contribution in [0.5, 0.6) is 0 Å². The summed E-state index contributed by atoms with van der Waals surface area (Å²) in [6.07, 6.45) is 12.2. The highest BCUT2D eigenvalue weighted by atomic mass is 35.5. The van der Waals surface area contributed by atoms with Crippen molar-refractivity contribution < 1.29 is 0 Å². The standard InChI is InChI=1S/C10H19Cl/c1-2-3-4-5-6-7-8-9-10-11/h8-9H,2-7,10H2,1H3/b9-8+. The van der Waals surface area contributed by atoms with Crippen LogP contribution in [-0.2, 0) is 0 Å². The van der Waals surface area contributed by atoms with E-state index in [0.29, 0.717) is 5.88 Å². The summed E-state index contributed by atoms with van der Waals surface area (Å²) in [4.78, 5) is 0. The van der Waals surface area contributed by atoms with Gasteiger partial charge in [-0.25, -0.2) is 0 Å². The summed E-state index contributed by atoms with van der Waals surface area (Å²) in [5.41, 5.74) is 0. The van der Waals surface area contributed by atoms with E-state index >= 15 is 0 Å². The highest BCUT2D eigenvalue weighted by Gasteiger charge is 1.85. The summed E-state index contributed by atoms with van der Waals surface area (Å²) >= 11 is 5.48. The highest BCUT2D eigenvalue weighted by Crippen LogP contribution is 2.05. The third-order valence-corrected chi connectivity index (χ3v) is 1.91. The van der Waals surface area contributed by atoms with Gasteiger partial charge in [-0.15, -0.1) is 11.6 Å². The van der Waals surface area contributed by atoms with Gasteiger partial charge >= 0.3 is 0 Å². The lowest BCUT2D eigenvalue weighted by Gasteiger charge is -1.95. The van der Waals surface area contributed by atoms with E-state index in [1.807, 2.05) is 6.08 Å². The molecule has 0 saturated carbocycles. The van der Waals surface area contributed by atoms with Crippen molar-refractivity contribution in [2.75, 3.05) is 5.88 Å². The zero-order chi connectivity index (χ0) is 8.36. The molecule has 0 aliphatic carbocycles. The molecule has 0 fully saturated rings. The Balaban J connectivity index is 2.85. The van der Waals surface area contributed by atoms with Gasteiger partial charge in [0.25, 0.3) is 0 Å². The number of unbranched alkanes of at least 4 members (excludes halogenated alkanes) is 5. The van der Waals surface area contributed by atoms with Crippen LogP contribution in [0.3, 0.4) is 0 Å². The summed E-state index contributed by atoms with van der Waals surface area (Å²) in [5, 5.41) is 0. The molecule has 0 saturated heterocycles. The third-order valence-electron chi connectivity index (χ3n) is 1.73. The Hall–Kier alpha value is 0.0300. The van der Waals surface area contributed by atoms with Gasteiger partial charge in [0.1, 0.15) is 0 Å². The van der Waals surface area contributed by atoms with E-state index in [9.17, 15) is 0 Å². The quantitative estimate of drug-likeness (QED) is 0.309. The first-order chi connectivity index (χ1) is 5.41. The van der Waals surface area contributed by atoms with Crippen molar-refractivity contribution in [2.24, 2.45) is 0 Å². The number of hydrogen-bond acceptors (Lipinski definition) is 0. The van der Waals surface area contributed by atoms with E-state index in [1.165, 1.54) is 38.5 Å². The van der Waals surface area contributed by atoms with Gasteiger partial charge < -0.3 is 0 Å². The number of hydrogen-bond donors (Lipinski definition) is 0. The van der Waals surface area contributed by atoms with Gasteiger partial charge in [0, 0.05) is 5.88 Å². The van der Waals surface area contributed by atoms with Crippen LogP contribution in [-0.4, -0.2) is 5.88 Å². The maximum absolute atomic E-state index is 5.48. The van der Waals surface area contributed by atoms with Gasteiger partial charge in [-0.1, -0.05) is 44.8 Å². The second-order valence-electron chi connectivity index (χ2n) is 2.83. The largest absolute Gasteiger partial charge is 0.122 e. The van der Waals surface area contributed by atoms with Crippen molar-refractivity contribution in [1.29, 1.82) is 0 Å². The van der Waals surface area contributed by atoms with E-state index in [-0.39, 0.29) is 0 Å². The fourth-order valence-corrected chi connectivity index (χ4v) is 1.17. The molecule has 0 aromatic heterocycles. The van der Waals surface area contributed by atoms with E-state index in [2.05, 4.69) is 13.0 Å². The SMILES string of the molecule is CCCCCCC/C=C/CCl. The van der Waals surface area contributed by atoms with Crippen molar-refractivity contribution in [3.63, 3.8) is 0 Å². The molecule has 0 amide bonds. The molecule has 0 atom stereocenters. The Morgan fingerprint density at radius 3 is 2.36 bits per heavy atom. The fourth-order valence-electron chi connectivity index (χ4n) is 1.05. The molecule has 0 N–H and O–H groups in total. The lowest BCUT2D eigenvalue weighted by atomic mass is 10.1. The molecule has 0 heterocycles. The van der Waals surface area contributed by atoms with Crippen molar-refractivity contribution in [2.45, 2.75) is 45.4 Å². The van der Waals surface area contributed by atoms with Crippen molar-refractivity contribution >= 4 is 11.6 Å². The van der Waals surface area contributed by atoms with Crippen LogP contribution in [0.2, 0.25) is 0 Å². The molecule has 11 heavy (non-hydrogen) atoms. The summed E-state index contributed by atoms with van der Waals surface area (Å²) in [7, 11) is 0. The lowest BCUT2D eigenvalue weighted by Crippen LogP contribution is -1.75. The van der Waals surface area contributed by atoms with Crippen LogP contribution in [0.4, 0.5) is 0 Å². The number of rotatable bonds is 7. The molecule has 0 bridgehead atoms. The van der Waals surface area contributed by atoms with Gasteiger partial charge in [-0.05, 0) is 12.8 Å². The Bertz CT molecular complexity index is 86.9. The number of allylic oxidation sites excluding steroid dienone is 2. The van der Waals surface area contributed by atoms with Crippen molar-refractivity contribution in [3.8, 4) is 0 Å². The minimum Gasteiger partial charge on any atom is -0.122 e. The molecule has 0 aliphatic rings. The van der Waals surface area contributed by atoms with Crippen LogP contribution in [0.1, 0.15) is 45.4 Å². The van der Waals surface area contributed by atoms with Gasteiger partial charge in [0.15, 0.2) is 0 Å². The fraction of sp³-hybridized carbons (Fsp3) is 0.800. The number of halogens is 1. The van der Waals surface area contributed by atoms with Crippen LogP contribution in [0.15, 0.2) is 12.2 Å². The Kier molecular flexibility index (Phi) is 10.1.